The predicted octanol–water partition coefficient (Wildman–Crippen LogP) is 2.03. The van der Waals surface area contributed by atoms with Crippen LogP contribution in [0, 0.1) is 6.92 Å². The van der Waals surface area contributed by atoms with E-state index in [0.29, 0.717) is 12.2 Å². The fraction of sp³-hybridized carbons (Fsp3) is 0.538. The number of aryl methyl sites for hydroxylation is 1. The third-order valence-corrected chi connectivity index (χ3v) is 2.69. The Morgan fingerprint density at radius 2 is 2.06 bits per heavy atom. The summed E-state index contributed by atoms with van der Waals surface area (Å²) in [5.74, 6) is 0.641. The monoisotopic (exact) mass is 224 g/mol. The number of rotatable bonds is 5. The topological polar surface area (TPSA) is 49.7 Å². The Hall–Kier alpha value is -1.06. The third kappa shape index (κ3) is 3.51. The van der Waals surface area contributed by atoms with Crippen molar-refractivity contribution in [3.8, 4) is 5.75 Å². The highest BCUT2D eigenvalue weighted by molar-refractivity contribution is 5.36. The Kier molecular flexibility index (Phi) is 4.33. The molecule has 2 N–H and O–H groups in total. The van der Waals surface area contributed by atoms with Gasteiger partial charge in [-0.1, -0.05) is 24.6 Å². The van der Waals surface area contributed by atoms with Crippen molar-refractivity contribution in [3.05, 3.63) is 29.3 Å². The van der Waals surface area contributed by atoms with Crippen LogP contribution in [0.3, 0.4) is 0 Å². The van der Waals surface area contributed by atoms with E-state index in [1.54, 1.807) is 6.92 Å². The molecule has 0 fully saturated rings. The smallest absolute Gasteiger partial charge is 0.124 e. The maximum Gasteiger partial charge on any atom is 0.124 e. The summed E-state index contributed by atoms with van der Waals surface area (Å²) in [4.78, 5) is 0. The highest BCUT2D eigenvalue weighted by atomic mass is 16.5. The predicted molar refractivity (Wildman–Crippen MR) is 63.5 cm³/mol. The van der Waals surface area contributed by atoms with Gasteiger partial charge in [0.05, 0.1) is 12.2 Å². The van der Waals surface area contributed by atoms with Crippen LogP contribution in [0.1, 0.15) is 31.4 Å². The largest absolute Gasteiger partial charge is 0.490 e. The van der Waals surface area contributed by atoms with Gasteiger partial charge in [0.2, 0.25) is 0 Å². The fourth-order valence-corrected chi connectivity index (χ4v) is 1.31. The van der Waals surface area contributed by atoms with Crippen molar-refractivity contribution in [1.29, 1.82) is 0 Å². The molecule has 0 spiro atoms. The van der Waals surface area contributed by atoms with Crippen LogP contribution in [-0.2, 0) is 6.61 Å². The Morgan fingerprint density at radius 3 is 2.62 bits per heavy atom. The van der Waals surface area contributed by atoms with Gasteiger partial charge in [-0.25, -0.2) is 0 Å². The first-order chi connectivity index (χ1) is 7.48. The van der Waals surface area contributed by atoms with Crippen molar-refractivity contribution in [3.63, 3.8) is 0 Å². The first-order valence-electron chi connectivity index (χ1n) is 5.54. The van der Waals surface area contributed by atoms with Crippen molar-refractivity contribution in [2.24, 2.45) is 0 Å². The summed E-state index contributed by atoms with van der Waals surface area (Å²) in [7, 11) is 0. The first-order valence-corrected chi connectivity index (χ1v) is 5.54. The quantitative estimate of drug-likeness (QED) is 0.804. The molecule has 0 radical (unpaired) electrons. The standard InChI is InChI=1S/C13H20O3/c1-4-13(3,15)9-16-12-6-5-10(2)7-11(12)8-14/h5-7,14-15H,4,8-9H2,1-3H3. The number of hydrogen-bond acceptors (Lipinski definition) is 3. The molecular weight excluding hydrogens is 204 g/mol. The molecule has 1 atom stereocenters. The van der Waals surface area contributed by atoms with E-state index in [1.165, 1.54) is 0 Å². The molecule has 0 saturated carbocycles. The van der Waals surface area contributed by atoms with Gasteiger partial charge in [-0.3, -0.25) is 0 Å². The minimum absolute atomic E-state index is 0.0503. The van der Waals surface area contributed by atoms with Gasteiger partial charge in [0, 0.05) is 5.56 Å². The molecular formula is C13H20O3. The molecule has 0 aliphatic carbocycles. The van der Waals surface area contributed by atoms with Gasteiger partial charge in [0.1, 0.15) is 12.4 Å². The summed E-state index contributed by atoms with van der Waals surface area (Å²) >= 11 is 0. The van der Waals surface area contributed by atoms with Gasteiger partial charge in [-0.15, -0.1) is 0 Å². The first kappa shape index (κ1) is 13.0. The van der Waals surface area contributed by atoms with E-state index in [-0.39, 0.29) is 13.2 Å². The lowest BCUT2D eigenvalue weighted by molar-refractivity contribution is 0.00784. The van der Waals surface area contributed by atoms with Crippen molar-refractivity contribution < 1.29 is 14.9 Å². The van der Waals surface area contributed by atoms with E-state index in [0.717, 1.165) is 11.1 Å². The lowest BCUT2D eigenvalue weighted by atomic mass is 10.1. The molecule has 0 amide bonds. The molecule has 16 heavy (non-hydrogen) atoms. The third-order valence-electron chi connectivity index (χ3n) is 2.69. The maximum absolute atomic E-state index is 9.82. The average molecular weight is 224 g/mol. The molecule has 90 valence electrons. The number of benzene rings is 1. The van der Waals surface area contributed by atoms with Crippen molar-refractivity contribution in [2.75, 3.05) is 6.61 Å². The summed E-state index contributed by atoms with van der Waals surface area (Å²) in [6.45, 7) is 5.79. The van der Waals surface area contributed by atoms with Crippen molar-refractivity contribution in [1.82, 2.24) is 0 Å². The normalized spacial score (nSPS) is 14.6. The zero-order valence-electron chi connectivity index (χ0n) is 10.2. The number of ether oxygens (including phenoxy) is 1. The van der Waals surface area contributed by atoms with E-state index in [1.807, 2.05) is 32.0 Å². The molecule has 0 bridgehead atoms. The number of aliphatic hydroxyl groups excluding tert-OH is 1. The van der Waals surface area contributed by atoms with Crippen LogP contribution in [0.2, 0.25) is 0 Å². The summed E-state index contributed by atoms with van der Waals surface area (Å²) in [6.07, 6.45) is 0.632. The molecule has 3 nitrogen and oxygen atoms in total. The summed E-state index contributed by atoms with van der Waals surface area (Å²) in [5, 5.41) is 19.0. The molecule has 1 rings (SSSR count). The zero-order valence-corrected chi connectivity index (χ0v) is 10.2. The van der Waals surface area contributed by atoms with Gasteiger partial charge in [-0.05, 0) is 26.3 Å². The molecule has 1 unspecified atom stereocenters. The van der Waals surface area contributed by atoms with Crippen LogP contribution in [0.4, 0.5) is 0 Å². The van der Waals surface area contributed by atoms with E-state index < -0.39 is 5.60 Å². The van der Waals surface area contributed by atoms with Crippen molar-refractivity contribution >= 4 is 0 Å². The van der Waals surface area contributed by atoms with Gasteiger partial charge >= 0.3 is 0 Å². The second-order valence-electron chi connectivity index (χ2n) is 4.41. The Labute approximate surface area is 96.7 Å². The van der Waals surface area contributed by atoms with Gasteiger partial charge < -0.3 is 14.9 Å². The van der Waals surface area contributed by atoms with E-state index in [2.05, 4.69) is 0 Å². The molecule has 0 heterocycles. The Balaban J connectivity index is 2.74. The van der Waals surface area contributed by atoms with E-state index in [9.17, 15) is 10.2 Å². The van der Waals surface area contributed by atoms with Crippen LogP contribution in [0.15, 0.2) is 18.2 Å². The van der Waals surface area contributed by atoms with Crippen molar-refractivity contribution in [2.45, 2.75) is 39.4 Å². The highest BCUT2D eigenvalue weighted by Gasteiger charge is 2.19. The molecule has 1 aromatic carbocycles. The number of aliphatic hydroxyl groups is 2. The van der Waals surface area contributed by atoms with E-state index in [4.69, 9.17) is 4.74 Å². The minimum atomic E-state index is -0.822. The van der Waals surface area contributed by atoms with Crippen LogP contribution >= 0.6 is 0 Å². The fourth-order valence-electron chi connectivity index (χ4n) is 1.31. The highest BCUT2D eigenvalue weighted by Crippen LogP contribution is 2.21. The lowest BCUT2D eigenvalue weighted by Crippen LogP contribution is -2.31. The van der Waals surface area contributed by atoms with Gasteiger partial charge in [0.15, 0.2) is 0 Å². The molecule has 0 aliphatic heterocycles. The zero-order chi connectivity index (χ0) is 12.2. The van der Waals surface area contributed by atoms with Gasteiger partial charge in [-0.2, -0.15) is 0 Å². The van der Waals surface area contributed by atoms with Crippen LogP contribution < -0.4 is 4.74 Å². The Bertz CT molecular complexity index is 345. The van der Waals surface area contributed by atoms with Crippen LogP contribution in [0.5, 0.6) is 5.75 Å². The Morgan fingerprint density at radius 1 is 1.38 bits per heavy atom. The maximum atomic E-state index is 9.82. The second-order valence-corrected chi connectivity index (χ2v) is 4.41. The number of hydrogen-bond donors (Lipinski definition) is 2. The average Bonchev–Trinajstić information content (AvgIpc) is 2.27. The molecule has 0 aliphatic rings. The molecule has 3 heteroatoms. The molecule has 0 aromatic heterocycles. The van der Waals surface area contributed by atoms with Gasteiger partial charge in [0.25, 0.3) is 0 Å². The second kappa shape index (κ2) is 5.32. The molecule has 1 aromatic rings. The summed E-state index contributed by atoms with van der Waals surface area (Å²) in [6, 6.07) is 5.64. The SMILES string of the molecule is CCC(C)(O)COc1ccc(C)cc1CO. The lowest BCUT2D eigenvalue weighted by Gasteiger charge is -2.22. The van der Waals surface area contributed by atoms with E-state index >= 15 is 0 Å². The molecule has 0 saturated heterocycles. The summed E-state index contributed by atoms with van der Waals surface area (Å²) < 4.78 is 5.53. The van der Waals surface area contributed by atoms with Crippen LogP contribution in [0.25, 0.3) is 0 Å². The summed E-state index contributed by atoms with van der Waals surface area (Å²) in [5.41, 5.74) is 1.02. The minimum Gasteiger partial charge on any atom is -0.490 e. The van der Waals surface area contributed by atoms with Crippen LogP contribution in [-0.4, -0.2) is 22.4 Å².